The largest absolute Gasteiger partial charge is 0.481 e. The van der Waals surface area contributed by atoms with Crippen LogP contribution in [0.25, 0.3) is 11.1 Å². The lowest BCUT2D eigenvalue weighted by Crippen LogP contribution is -2.44. The fourth-order valence-corrected chi connectivity index (χ4v) is 4.14. The number of carbonyl (C=O) groups excluding carboxylic acids is 1. The molecule has 3 aromatic carbocycles. The zero-order chi connectivity index (χ0) is 24.9. The Hall–Kier alpha value is -3.97. The molecule has 0 bridgehead atoms. The van der Waals surface area contributed by atoms with E-state index in [0.29, 0.717) is 16.4 Å². The molecule has 0 saturated heterocycles. The summed E-state index contributed by atoms with van der Waals surface area (Å²) in [6.07, 6.45) is -1.12. The zero-order valence-electron chi connectivity index (χ0n) is 19.2. The number of rotatable bonds is 7. The van der Waals surface area contributed by atoms with Gasteiger partial charge in [-0.2, -0.15) is 10.2 Å². The molecule has 178 valence electrons. The highest BCUT2D eigenvalue weighted by molar-refractivity contribution is 6.31. The third-order valence-electron chi connectivity index (χ3n) is 5.72. The second-order valence-corrected chi connectivity index (χ2v) is 8.63. The highest BCUT2D eigenvalue weighted by atomic mass is 35.5. The maximum atomic E-state index is 12.6. The number of nitrogens with zero attached hydrogens (tertiary/aromatic N) is 2. The second-order valence-electron chi connectivity index (χ2n) is 8.22. The number of carbonyl (C=O) groups is 2. The summed E-state index contributed by atoms with van der Waals surface area (Å²) in [7, 11) is 0. The molecule has 0 saturated carbocycles. The molecule has 8 heteroatoms. The number of halogens is 1. The monoisotopic (exact) mass is 489 g/mol. The van der Waals surface area contributed by atoms with Crippen molar-refractivity contribution >= 4 is 35.1 Å². The molecule has 1 aliphatic heterocycles. The number of carboxylic acids is 1. The number of aliphatic carboxylic acids is 1. The van der Waals surface area contributed by atoms with Crippen molar-refractivity contribution in [1.82, 2.24) is 5.32 Å². The summed E-state index contributed by atoms with van der Waals surface area (Å²) in [5, 5.41) is 20.7. The Balaban J connectivity index is 1.43. The Bertz CT molecular complexity index is 1300. The van der Waals surface area contributed by atoms with Gasteiger partial charge in [-0.3, -0.25) is 4.79 Å². The van der Waals surface area contributed by atoms with Gasteiger partial charge >= 0.3 is 12.1 Å². The fraction of sp³-hybridized carbons (Fsp3) is 0.185. The van der Waals surface area contributed by atoms with E-state index >= 15 is 0 Å². The van der Waals surface area contributed by atoms with Gasteiger partial charge in [0.15, 0.2) is 0 Å². The first-order valence-corrected chi connectivity index (χ1v) is 11.4. The Morgan fingerprint density at radius 3 is 2.20 bits per heavy atom. The average Bonchev–Trinajstić information content (AvgIpc) is 3.19. The number of benzene rings is 3. The molecule has 4 rings (SSSR count). The highest BCUT2D eigenvalue weighted by Gasteiger charge is 2.28. The van der Waals surface area contributed by atoms with Crippen molar-refractivity contribution in [2.24, 2.45) is 10.2 Å². The van der Waals surface area contributed by atoms with E-state index < -0.39 is 24.2 Å². The topological polar surface area (TPSA) is 100 Å². The summed E-state index contributed by atoms with van der Waals surface area (Å²) in [5.41, 5.74) is 5.51. The number of hydrogen-bond acceptors (Lipinski definition) is 5. The van der Waals surface area contributed by atoms with Gasteiger partial charge in [0.1, 0.15) is 12.1 Å². The molecule has 1 unspecified atom stereocenters. The molecule has 35 heavy (non-hydrogen) atoms. The third-order valence-corrected chi connectivity index (χ3v) is 6.06. The summed E-state index contributed by atoms with van der Waals surface area (Å²) < 4.78 is 5.54. The lowest BCUT2D eigenvalue weighted by Gasteiger charge is -2.19. The van der Waals surface area contributed by atoms with Crippen LogP contribution in [0.2, 0.25) is 5.02 Å². The smallest absolute Gasteiger partial charge is 0.408 e. The molecule has 2 atom stereocenters. The van der Waals surface area contributed by atoms with Crippen molar-refractivity contribution in [2.75, 3.05) is 0 Å². The fourth-order valence-electron chi connectivity index (χ4n) is 3.85. The Labute approximate surface area is 208 Å². The van der Waals surface area contributed by atoms with Gasteiger partial charge in [-0.05, 0) is 36.6 Å². The van der Waals surface area contributed by atoms with Gasteiger partial charge in [0.25, 0.3) is 0 Å². The van der Waals surface area contributed by atoms with E-state index in [1.54, 1.807) is 19.9 Å². The molecule has 1 heterocycles. The van der Waals surface area contributed by atoms with E-state index in [1.807, 2.05) is 66.7 Å². The Morgan fingerprint density at radius 1 is 0.971 bits per heavy atom. The van der Waals surface area contributed by atoms with Gasteiger partial charge in [0.05, 0.1) is 17.8 Å². The van der Waals surface area contributed by atoms with Crippen molar-refractivity contribution in [2.45, 2.75) is 32.4 Å². The minimum atomic E-state index is -0.859. The predicted octanol–water partition coefficient (Wildman–Crippen LogP) is 5.67. The van der Waals surface area contributed by atoms with Crippen molar-refractivity contribution in [3.63, 3.8) is 0 Å². The molecule has 3 aromatic rings. The van der Waals surface area contributed by atoms with Crippen LogP contribution in [0.3, 0.4) is 0 Å². The predicted molar refractivity (Wildman–Crippen MR) is 136 cm³/mol. The molecule has 0 radical (unpaired) electrons. The number of ether oxygens (including phenoxy) is 1. The van der Waals surface area contributed by atoms with Crippen LogP contribution in [0.5, 0.6) is 0 Å². The minimum Gasteiger partial charge on any atom is -0.481 e. The third kappa shape index (κ3) is 5.75. The zero-order valence-corrected chi connectivity index (χ0v) is 20.0. The Morgan fingerprint density at radius 2 is 1.57 bits per heavy atom. The van der Waals surface area contributed by atoms with Gasteiger partial charge < -0.3 is 15.2 Å². The lowest BCUT2D eigenvalue weighted by molar-refractivity contribution is -0.136. The standard InChI is InChI=1S/C27H24ClN3O4/c1-16-25(29-27(34)35-17(2)22-5-3-4-6-23(22)28)26(31-30-16)21-13-11-20(12-14-21)19-9-7-18(8-10-19)15-24(32)33/h3-14,17,25H,15H2,1-2H3,(H,29,34)(H,32,33)/t17?,25-/m1/s1. The summed E-state index contributed by atoms with van der Waals surface area (Å²) in [4.78, 5) is 23.5. The van der Waals surface area contributed by atoms with Crippen LogP contribution in [0.1, 0.15) is 36.6 Å². The van der Waals surface area contributed by atoms with Gasteiger partial charge in [-0.25, -0.2) is 4.79 Å². The van der Waals surface area contributed by atoms with E-state index in [0.717, 1.165) is 27.8 Å². The SMILES string of the molecule is CC1=NN=C(c2ccc(-c3ccc(CC(=O)O)cc3)cc2)[C@@H]1NC(=O)OC(C)c1ccccc1Cl. The number of nitrogens with one attached hydrogen (secondary N) is 1. The van der Waals surface area contributed by atoms with E-state index in [9.17, 15) is 9.59 Å². The molecule has 0 spiro atoms. The van der Waals surface area contributed by atoms with Crippen molar-refractivity contribution < 1.29 is 19.4 Å². The number of alkyl carbamates (subject to hydrolysis) is 1. The summed E-state index contributed by atoms with van der Waals surface area (Å²) in [6.45, 7) is 3.56. The molecular weight excluding hydrogens is 466 g/mol. The van der Waals surface area contributed by atoms with Gasteiger partial charge in [-0.1, -0.05) is 78.3 Å². The van der Waals surface area contributed by atoms with Crippen molar-refractivity contribution in [3.8, 4) is 11.1 Å². The number of amides is 1. The molecule has 1 aliphatic rings. The molecule has 0 aromatic heterocycles. The molecule has 0 aliphatic carbocycles. The van der Waals surface area contributed by atoms with E-state index in [4.69, 9.17) is 21.4 Å². The molecular formula is C27H24ClN3O4. The summed E-state index contributed by atoms with van der Waals surface area (Å²) in [6, 6.07) is 21.9. The quantitative estimate of drug-likeness (QED) is 0.446. The first kappa shape index (κ1) is 24.2. The van der Waals surface area contributed by atoms with Crippen LogP contribution in [-0.4, -0.2) is 34.6 Å². The van der Waals surface area contributed by atoms with Crippen LogP contribution in [0, 0.1) is 0 Å². The molecule has 7 nitrogen and oxygen atoms in total. The van der Waals surface area contributed by atoms with Crippen LogP contribution >= 0.6 is 11.6 Å². The van der Waals surface area contributed by atoms with Crippen LogP contribution < -0.4 is 5.32 Å². The average molecular weight is 490 g/mol. The maximum Gasteiger partial charge on any atom is 0.408 e. The van der Waals surface area contributed by atoms with Crippen LogP contribution in [0.4, 0.5) is 4.79 Å². The van der Waals surface area contributed by atoms with E-state index in [-0.39, 0.29) is 6.42 Å². The molecule has 1 amide bonds. The Kier molecular flexibility index (Phi) is 7.27. The van der Waals surface area contributed by atoms with E-state index in [1.165, 1.54) is 0 Å². The second kappa shape index (κ2) is 10.5. The van der Waals surface area contributed by atoms with Crippen molar-refractivity contribution in [1.29, 1.82) is 0 Å². The first-order valence-electron chi connectivity index (χ1n) is 11.1. The maximum absolute atomic E-state index is 12.6. The van der Waals surface area contributed by atoms with Crippen LogP contribution in [0.15, 0.2) is 83.0 Å². The number of carboxylic acid groups (broad SMARTS) is 1. The van der Waals surface area contributed by atoms with Gasteiger partial charge in [-0.15, -0.1) is 0 Å². The summed E-state index contributed by atoms with van der Waals surface area (Å²) >= 11 is 6.21. The van der Waals surface area contributed by atoms with E-state index in [2.05, 4.69) is 15.5 Å². The normalized spacial score (nSPS) is 15.7. The highest BCUT2D eigenvalue weighted by Crippen LogP contribution is 2.26. The van der Waals surface area contributed by atoms with Gasteiger partial charge in [0.2, 0.25) is 0 Å². The molecule has 2 N–H and O–H groups in total. The van der Waals surface area contributed by atoms with Crippen molar-refractivity contribution in [3.05, 3.63) is 94.5 Å². The van der Waals surface area contributed by atoms with Gasteiger partial charge in [0, 0.05) is 16.1 Å². The summed E-state index contributed by atoms with van der Waals surface area (Å²) in [5.74, 6) is -0.859. The number of hydrogen-bond donors (Lipinski definition) is 2. The first-order chi connectivity index (χ1) is 16.8. The van der Waals surface area contributed by atoms with Crippen LogP contribution in [-0.2, 0) is 16.0 Å². The molecule has 0 fully saturated rings. The minimum absolute atomic E-state index is 0.00756. The lowest BCUT2D eigenvalue weighted by atomic mass is 9.97.